The molecule has 182 valence electrons. The Balaban J connectivity index is 1.32. The molecule has 3 heterocycles. The van der Waals surface area contributed by atoms with Gasteiger partial charge in [-0.15, -0.1) is 0 Å². The minimum Gasteiger partial charge on any atom is -0.439 e. The van der Waals surface area contributed by atoms with Gasteiger partial charge in [0, 0.05) is 67.6 Å². The molecule has 3 aromatic heterocycles. The van der Waals surface area contributed by atoms with Gasteiger partial charge in [0.1, 0.15) is 11.6 Å². The van der Waals surface area contributed by atoms with Crippen LogP contribution < -0.4 is 26.4 Å². The molecule has 0 saturated heterocycles. The Kier molecular flexibility index (Phi) is 7.02. The summed E-state index contributed by atoms with van der Waals surface area (Å²) < 4.78 is 8.10. The third-order valence-corrected chi connectivity index (χ3v) is 5.68. The number of fused-ring (bicyclic) bond motifs is 1. The molecular formula is C27H28N8O. The quantitative estimate of drug-likeness (QED) is 0.274. The van der Waals surface area contributed by atoms with Crippen LogP contribution in [0.1, 0.15) is 0 Å². The van der Waals surface area contributed by atoms with Crippen molar-refractivity contribution in [1.82, 2.24) is 19.5 Å². The third-order valence-electron chi connectivity index (χ3n) is 5.68. The highest BCUT2D eigenvalue weighted by atomic mass is 16.5. The Morgan fingerprint density at radius 1 is 0.861 bits per heavy atom. The Hall–Kier alpha value is -4.47. The van der Waals surface area contributed by atoms with E-state index in [9.17, 15) is 0 Å². The first-order chi connectivity index (χ1) is 17.7. The summed E-state index contributed by atoms with van der Waals surface area (Å²) in [5, 5.41) is 4.30. The average molecular weight is 481 g/mol. The van der Waals surface area contributed by atoms with Crippen LogP contribution in [0, 0.1) is 0 Å². The van der Waals surface area contributed by atoms with Gasteiger partial charge in [-0.3, -0.25) is 0 Å². The molecule has 0 radical (unpaired) electrons. The van der Waals surface area contributed by atoms with E-state index in [1.165, 1.54) is 0 Å². The Morgan fingerprint density at radius 2 is 1.75 bits per heavy atom. The highest BCUT2D eigenvalue weighted by Crippen LogP contribution is 2.28. The van der Waals surface area contributed by atoms with Crippen LogP contribution in [0.15, 0.2) is 91.4 Å². The Bertz CT molecular complexity index is 1430. The number of hydrogen-bond donors (Lipinski definition) is 3. The summed E-state index contributed by atoms with van der Waals surface area (Å²) >= 11 is 0. The largest absolute Gasteiger partial charge is 0.439 e. The summed E-state index contributed by atoms with van der Waals surface area (Å²) in [4.78, 5) is 15.5. The van der Waals surface area contributed by atoms with Crippen molar-refractivity contribution in [2.24, 2.45) is 11.5 Å². The number of ether oxygens (including phenoxy) is 1. The number of hydrogen-bond acceptors (Lipinski definition) is 8. The molecule has 0 aliphatic carbocycles. The van der Waals surface area contributed by atoms with E-state index in [-0.39, 0.29) is 0 Å². The van der Waals surface area contributed by atoms with Gasteiger partial charge >= 0.3 is 0 Å². The van der Waals surface area contributed by atoms with Gasteiger partial charge in [-0.1, -0.05) is 12.1 Å². The second-order valence-electron chi connectivity index (χ2n) is 8.15. The van der Waals surface area contributed by atoms with Crippen molar-refractivity contribution >= 4 is 28.2 Å². The van der Waals surface area contributed by atoms with Crippen molar-refractivity contribution in [3.63, 3.8) is 0 Å². The Labute approximate surface area is 209 Å². The van der Waals surface area contributed by atoms with Crippen molar-refractivity contribution < 1.29 is 4.74 Å². The van der Waals surface area contributed by atoms with Crippen molar-refractivity contribution in [3.8, 4) is 17.4 Å². The van der Waals surface area contributed by atoms with E-state index in [1.807, 2.05) is 77.5 Å². The van der Waals surface area contributed by atoms with E-state index in [0.29, 0.717) is 30.7 Å². The summed E-state index contributed by atoms with van der Waals surface area (Å²) in [5.41, 5.74) is 14.5. The molecule has 0 bridgehead atoms. The summed E-state index contributed by atoms with van der Waals surface area (Å²) in [6.07, 6.45) is 5.45. The zero-order valence-corrected chi connectivity index (χ0v) is 19.8. The predicted octanol–water partition coefficient (Wildman–Crippen LogP) is 4.08. The molecule has 0 unspecified atom stereocenters. The molecule has 5 aromatic rings. The van der Waals surface area contributed by atoms with Crippen molar-refractivity contribution in [2.75, 3.05) is 36.4 Å². The molecule has 36 heavy (non-hydrogen) atoms. The first-order valence-electron chi connectivity index (χ1n) is 11.8. The van der Waals surface area contributed by atoms with E-state index in [0.717, 1.165) is 41.2 Å². The normalized spacial score (nSPS) is 10.9. The number of benzene rings is 2. The molecule has 5 N–H and O–H groups in total. The monoisotopic (exact) mass is 480 g/mol. The molecule has 0 spiro atoms. The fourth-order valence-electron chi connectivity index (χ4n) is 4.05. The smallest absolute Gasteiger partial charge is 0.230 e. The van der Waals surface area contributed by atoms with Gasteiger partial charge in [0.05, 0.1) is 5.52 Å². The molecule has 0 amide bonds. The minimum atomic E-state index is 0.441. The van der Waals surface area contributed by atoms with Crippen LogP contribution in [-0.2, 0) is 0 Å². The molecule has 9 nitrogen and oxygen atoms in total. The van der Waals surface area contributed by atoms with E-state index in [4.69, 9.17) is 16.2 Å². The fraction of sp³-hybridized carbons (Fsp3) is 0.148. The number of rotatable bonds is 10. The Morgan fingerprint density at radius 3 is 2.56 bits per heavy atom. The lowest BCUT2D eigenvalue weighted by Gasteiger charge is -2.24. The van der Waals surface area contributed by atoms with Gasteiger partial charge in [0.2, 0.25) is 11.8 Å². The molecule has 0 aliphatic heterocycles. The van der Waals surface area contributed by atoms with Gasteiger partial charge in [-0.05, 0) is 54.6 Å². The maximum Gasteiger partial charge on any atom is 0.230 e. The number of nitrogens with two attached hydrogens (primary N) is 2. The van der Waals surface area contributed by atoms with Crippen molar-refractivity contribution in [1.29, 1.82) is 0 Å². The molecule has 0 aliphatic rings. The zero-order valence-electron chi connectivity index (χ0n) is 19.8. The maximum atomic E-state index is 6.05. The van der Waals surface area contributed by atoms with Gasteiger partial charge in [0.15, 0.2) is 0 Å². The van der Waals surface area contributed by atoms with Crippen LogP contribution in [0.4, 0.5) is 17.3 Å². The number of nitrogens with zero attached hydrogens (tertiary/aromatic N) is 5. The van der Waals surface area contributed by atoms with E-state index < -0.39 is 0 Å². The lowest BCUT2D eigenvalue weighted by molar-refractivity contribution is 0.463. The lowest BCUT2D eigenvalue weighted by Crippen LogP contribution is -2.33. The lowest BCUT2D eigenvalue weighted by atomic mass is 10.2. The number of aromatic nitrogens is 4. The highest BCUT2D eigenvalue weighted by Gasteiger charge is 2.09. The number of nitrogens with one attached hydrogen (secondary N) is 1. The maximum absolute atomic E-state index is 6.05. The molecule has 9 heteroatoms. The predicted molar refractivity (Wildman–Crippen MR) is 143 cm³/mol. The van der Waals surface area contributed by atoms with Gasteiger partial charge < -0.3 is 31.0 Å². The first-order valence-corrected chi connectivity index (χ1v) is 11.8. The van der Waals surface area contributed by atoms with Gasteiger partial charge in [-0.2, -0.15) is 4.98 Å². The van der Waals surface area contributed by atoms with Crippen molar-refractivity contribution in [2.45, 2.75) is 0 Å². The van der Waals surface area contributed by atoms with E-state index in [1.54, 1.807) is 18.5 Å². The minimum absolute atomic E-state index is 0.441. The number of anilines is 3. The summed E-state index contributed by atoms with van der Waals surface area (Å²) in [6.45, 7) is 2.58. The standard InChI is InChI=1S/C27H28N8O/c28-11-16-34(17-12-29)22-5-3-4-21(19-22)32-27-31-14-9-26(33-27)36-23-7-8-24-20(18-23)10-15-35(24)25-6-1-2-13-30-25/h1-10,13-15,18-19H,11-12,16-17,28-29H2,(H,31,32,33). The highest BCUT2D eigenvalue weighted by molar-refractivity contribution is 5.83. The topological polar surface area (TPSA) is 120 Å². The molecule has 0 fully saturated rings. The number of pyridine rings is 1. The van der Waals surface area contributed by atoms with E-state index in [2.05, 4.69) is 25.2 Å². The third kappa shape index (κ3) is 5.27. The van der Waals surface area contributed by atoms with Crippen LogP contribution in [0.5, 0.6) is 11.6 Å². The zero-order chi connectivity index (χ0) is 24.7. The van der Waals surface area contributed by atoms with E-state index >= 15 is 0 Å². The van der Waals surface area contributed by atoms with Crippen LogP contribution in [0.3, 0.4) is 0 Å². The average Bonchev–Trinajstić information content (AvgIpc) is 3.33. The molecule has 0 atom stereocenters. The molecule has 5 rings (SSSR count). The summed E-state index contributed by atoms with van der Waals surface area (Å²) in [7, 11) is 0. The second-order valence-corrected chi connectivity index (χ2v) is 8.15. The van der Waals surface area contributed by atoms with Crippen LogP contribution >= 0.6 is 0 Å². The second kappa shape index (κ2) is 10.9. The molecule has 2 aromatic carbocycles. The SMILES string of the molecule is NCCN(CCN)c1cccc(Nc2nccc(Oc3ccc4c(ccn4-c4ccccn4)c3)n2)c1. The van der Waals surface area contributed by atoms with Crippen LogP contribution in [0.25, 0.3) is 16.7 Å². The van der Waals surface area contributed by atoms with Crippen molar-refractivity contribution in [3.05, 3.63) is 91.4 Å². The molecular weight excluding hydrogens is 452 g/mol. The van der Waals surface area contributed by atoms with Gasteiger partial charge in [-0.25, -0.2) is 9.97 Å². The molecule has 0 saturated carbocycles. The summed E-state index contributed by atoms with van der Waals surface area (Å²) in [5.74, 6) is 2.44. The fourth-order valence-corrected chi connectivity index (χ4v) is 4.05. The van der Waals surface area contributed by atoms with Crippen LogP contribution in [-0.4, -0.2) is 45.7 Å². The first kappa shape index (κ1) is 23.3. The van der Waals surface area contributed by atoms with Gasteiger partial charge in [0.25, 0.3) is 0 Å². The summed E-state index contributed by atoms with van der Waals surface area (Å²) in [6, 6.07) is 23.5. The van der Waals surface area contributed by atoms with Crippen LogP contribution in [0.2, 0.25) is 0 Å².